The van der Waals surface area contributed by atoms with Gasteiger partial charge in [-0.1, -0.05) is 19.1 Å². The number of allylic oxidation sites excluding steroid dienone is 1. The van der Waals surface area contributed by atoms with Gasteiger partial charge in [-0.05, 0) is 45.8 Å². The minimum Gasteiger partial charge on any atom is -0.317 e. The van der Waals surface area contributed by atoms with E-state index in [4.69, 9.17) is 0 Å². The van der Waals surface area contributed by atoms with E-state index in [0.29, 0.717) is 0 Å². The maximum atomic E-state index is 4.56. The van der Waals surface area contributed by atoms with Gasteiger partial charge in [-0.3, -0.25) is 4.68 Å². The molecule has 0 saturated carbocycles. The fourth-order valence-electron chi connectivity index (χ4n) is 1.90. The molecule has 1 aromatic rings. The summed E-state index contributed by atoms with van der Waals surface area (Å²) >= 11 is 0. The van der Waals surface area contributed by atoms with E-state index in [1.54, 1.807) is 0 Å². The van der Waals surface area contributed by atoms with Crippen LogP contribution in [-0.4, -0.2) is 22.9 Å². The molecule has 0 aliphatic heterocycles. The summed E-state index contributed by atoms with van der Waals surface area (Å²) in [5.74, 6) is 0. The molecule has 0 bridgehead atoms. The number of aromatic nitrogens is 2. The zero-order valence-corrected chi connectivity index (χ0v) is 10.9. The predicted molar refractivity (Wildman–Crippen MR) is 68.8 cm³/mol. The van der Waals surface area contributed by atoms with Crippen LogP contribution in [0.15, 0.2) is 12.2 Å². The fourth-order valence-corrected chi connectivity index (χ4v) is 1.90. The maximum absolute atomic E-state index is 4.56. The first kappa shape index (κ1) is 13.0. The predicted octanol–water partition coefficient (Wildman–Crippen LogP) is 2.23. The SMILES string of the molecule is C=C(C)Cn1nc(C)c(CCNCC)c1C. The molecule has 3 heteroatoms. The average molecular weight is 221 g/mol. The Morgan fingerprint density at radius 3 is 2.69 bits per heavy atom. The van der Waals surface area contributed by atoms with Gasteiger partial charge in [0.05, 0.1) is 12.2 Å². The van der Waals surface area contributed by atoms with Crippen molar-refractivity contribution in [2.75, 3.05) is 13.1 Å². The Bertz CT molecular complexity index is 363. The van der Waals surface area contributed by atoms with Crippen molar-refractivity contribution < 1.29 is 0 Å². The number of hydrogen-bond acceptors (Lipinski definition) is 2. The van der Waals surface area contributed by atoms with Gasteiger partial charge in [-0.2, -0.15) is 5.10 Å². The van der Waals surface area contributed by atoms with Crippen molar-refractivity contribution in [2.24, 2.45) is 0 Å². The first-order valence-corrected chi connectivity index (χ1v) is 5.94. The standard InChI is InChI=1S/C13H23N3/c1-6-14-8-7-13-11(4)15-16(12(13)5)9-10(2)3/h14H,2,6-9H2,1,3-5H3. The second kappa shape index (κ2) is 5.85. The van der Waals surface area contributed by atoms with Crippen LogP contribution in [0.25, 0.3) is 0 Å². The minimum absolute atomic E-state index is 0.827. The Labute approximate surface area is 98.5 Å². The highest BCUT2D eigenvalue weighted by atomic mass is 15.3. The molecular formula is C13H23N3. The molecule has 0 aromatic carbocycles. The largest absolute Gasteiger partial charge is 0.317 e. The van der Waals surface area contributed by atoms with Crippen LogP contribution in [0.5, 0.6) is 0 Å². The molecule has 0 radical (unpaired) electrons. The Morgan fingerprint density at radius 1 is 1.44 bits per heavy atom. The molecule has 1 aromatic heterocycles. The molecule has 0 aliphatic carbocycles. The second-order valence-corrected chi connectivity index (χ2v) is 4.37. The van der Waals surface area contributed by atoms with E-state index in [9.17, 15) is 0 Å². The third-order valence-corrected chi connectivity index (χ3v) is 2.75. The van der Waals surface area contributed by atoms with Gasteiger partial charge >= 0.3 is 0 Å². The molecule has 0 amide bonds. The number of hydrogen-bond donors (Lipinski definition) is 1. The molecule has 3 nitrogen and oxygen atoms in total. The van der Waals surface area contributed by atoms with Gasteiger partial charge < -0.3 is 5.32 Å². The minimum atomic E-state index is 0.827. The fraction of sp³-hybridized carbons (Fsp3) is 0.615. The van der Waals surface area contributed by atoms with E-state index in [-0.39, 0.29) is 0 Å². The lowest BCUT2D eigenvalue weighted by atomic mass is 10.1. The first-order chi connectivity index (χ1) is 7.56. The molecule has 16 heavy (non-hydrogen) atoms. The van der Waals surface area contributed by atoms with Gasteiger partial charge in [0.1, 0.15) is 0 Å². The second-order valence-electron chi connectivity index (χ2n) is 4.37. The number of rotatable bonds is 6. The monoisotopic (exact) mass is 221 g/mol. The summed E-state index contributed by atoms with van der Waals surface area (Å²) in [5.41, 5.74) is 4.95. The molecule has 1 N–H and O–H groups in total. The molecule has 0 unspecified atom stereocenters. The molecular weight excluding hydrogens is 198 g/mol. The van der Waals surface area contributed by atoms with Crippen LogP contribution < -0.4 is 5.32 Å². The van der Waals surface area contributed by atoms with Crippen molar-refractivity contribution in [2.45, 2.75) is 40.7 Å². The average Bonchev–Trinajstić information content (AvgIpc) is 2.45. The van der Waals surface area contributed by atoms with Crippen molar-refractivity contribution in [3.05, 3.63) is 29.1 Å². The molecule has 0 spiro atoms. The summed E-state index contributed by atoms with van der Waals surface area (Å²) in [6.07, 6.45) is 1.06. The molecule has 1 rings (SSSR count). The Hall–Kier alpha value is -1.09. The Balaban J connectivity index is 2.76. The van der Waals surface area contributed by atoms with Crippen LogP contribution in [0.2, 0.25) is 0 Å². The van der Waals surface area contributed by atoms with Crippen LogP contribution >= 0.6 is 0 Å². The number of nitrogens with zero attached hydrogens (tertiary/aromatic N) is 2. The van der Waals surface area contributed by atoms with Crippen molar-refractivity contribution in [1.82, 2.24) is 15.1 Å². The van der Waals surface area contributed by atoms with Crippen molar-refractivity contribution >= 4 is 0 Å². The van der Waals surface area contributed by atoms with Gasteiger partial charge in [0.25, 0.3) is 0 Å². The van der Waals surface area contributed by atoms with E-state index in [1.165, 1.54) is 11.3 Å². The molecule has 90 valence electrons. The van der Waals surface area contributed by atoms with Gasteiger partial charge in [0, 0.05) is 5.69 Å². The van der Waals surface area contributed by atoms with E-state index in [2.05, 4.69) is 42.4 Å². The normalized spacial score (nSPS) is 10.8. The van der Waals surface area contributed by atoms with Crippen molar-refractivity contribution in [3.63, 3.8) is 0 Å². The Morgan fingerprint density at radius 2 is 2.12 bits per heavy atom. The summed E-state index contributed by atoms with van der Waals surface area (Å²) < 4.78 is 2.05. The molecule has 1 heterocycles. The van der Waals surface area contributed by atoms with Crippen LogP contribution in [-0.2, 0) is 13.0 Å². The van der Waals surface area contributed by atoms with Crippen LogP contribution in [0.1, 0.15) is 30.8 Å². The van der Waals surface area contributed by atoms with E-state index < -0.39 is 0 Å². The van der Waals surface area contributed by atoms with Gasteiger partial charge in [-0.25, -0.2) is 0 Å². The highest BCUT2D eigenvalue weighted by Crippen LogP contribution is 2.14. The van der Waals surface area contributed by atoms with Gasteiger partial charge in [-0.15, -0.1) is 0 Å². The summed E-state index contributed by atoms with van der Waals surface area (Å²) in [5, 5.41) is 7.90. The van der Waals surface area contributed by atoms with Gasteiger partial charge in [0.2, 0.25) is 0 Å². The van der Waals surface area contributed by atoms with E-state index >= 15 is 0 Å². The van der Waals surface area contributed by atoms with Crippen LogP contribution in [0, 0.1) is 13.8 Å². The third-order valence-electron chi connectivity index (χ3n) is 2.75. The highest BCUT2D eigenvalue weighted by molar-refractivity contribution is 5.25. The smallest absolute Gasteiger partial charge is 0.0629 e. The lowest BCUT2D eigenvalue weighted by molar-refractivity contribution is 0.649. The van der Waals surface area contributed by atoms with Gasteiger partial charge in [0.15, 0.2) is 0 Å². The Kier molecular flexibility index (Phi) is 4.74. The molecule has 0 saturated heterocycles. The van der Waals surface area contributed by atoms with Crippen molar-refractivity contribution in [3.8, 4) is 0 Å². The third kappa shape index (κ3) is 3.20. The number of nitrogens with one attached hydrogen (secondary N) is 1. The lowest BCUT2D eigenvalue weighted by Crippen LogP contribution is -2.16. The van der Waals surface area contributed by atoms with Crippen LogP contribution in [0.4, 0.5) is 0 Å². The quantitative estimate of drug-likeness (QED) is 0.589. The molecule has 0 atom stereocenters. The maximum Gasteiger partial charge on any atom is 0.0629 e. The summed E-state index contributed by atoms with van der Waals surface area (Å²) in [6, 6.07) is 0. The zero-order valence-electron chi connectivity index (χ0n) is 10.9. The highest BCUT2D eigenvalue weighted by Gasteiger charge is 2.10. The zero-order chi connectivity index (χ0) is 12.1. The topological polar surface area (TPSA) is 29.9 Å². The number of likely N-dealkylation sites (N-methyl/N-ethyl adjacent to an activating group) is 1. The summed E-state index contributed by atoms with van der Waals surface area (Å²) in [4.78, 5) is 0. The molecule has 0 aliphatic rings. The van der Waals surface area contributed by atoms with Crippen LogP contribution in [0.3, 0.4) is 0 Å². The first-order valence-electron chi connectivity index (χ1n) is 5.94. The van der Waals surface area contributed by atoms with E-state index in [0.717, 1.165) is 37.3 Å². The molecule has 0 fully saturated rings. The van der Waals surface area contributed by atoms with E-state index in [1.807, 2.05) is 6.92 Å². The summed E-state index contributed by atoms with van der Waals surface area (Å²) in [7, 11) is 0. The summed E-state index contributed by atoms with van der Waals surface area (Å²) in [6.45, 7) is 15.2. The lowest BCUT2D eigenvalue weighted by Gasteiger charge is -2.05. The number of aryl methyl sites for hydroxylation is 1. The van der Waals surface area contributed by atoms with Crippen molar-refractivity contribution in [1.29, 1.82) is 0 Å².